The number of urea groups is 1. The first-order chi connectivity index (χ1) is 11.9. The molecule has 1 unspecified atom stereocenters. The lowest BCUT2D eigenvalue weighted by Crippen LogP contribution is -2.52. The predicted molar refractivity (Wildman–Crippen MR) is 94.2 cm³/mol. The number of aliphatic hydroxyl groups is 1. The third-order valence-corrected chi connectivity index (χ3v) is 4.55. The van der Waals surface area contributed by atoms with Gasteiger partial charge in [-0.25, -0.2) is 4.79 Å². The summed E-state index contributed by atoms with van der Waals surface area (Å²) < 4.78 is 5.26. The van der Waals surface area contributed by atoms with Gasteiger partial charge in [0, 0.05) is 17.2 Å². The maximum Gasteiger partial charge on any atom is 0.319 e. The minimum absolute atomic E-state index is 0.0701. The first-order valence-electron chi connectivity index (χ1n) is 8.55. The number of nitrogens with one attached hydrogen (secondary N) is 2. The smallest absolute Gasteiger partial charge is 0.319 e. The van der Waals surface area contributed by atoms with E-state index in [0.717, 1.165) is 18.4 Å². The zero-order valence-corrected chi connectivity index (χ0v) is 14.7. The highest BCUT2D eigenvalue weighted by Gasteiger charge is 2.42. The normalized spacial score (nSPS) is 16.5. The van der Waals surface area contributed by atoms with Crippen LogP contribution in [0.3, 0.4) is 0 Å². The number of amides is 2. The van der Waals surface area contributed by atoms with E-state index in [1.165, 1.54) is 0 Å². The molecule has 1 aromatic carbocycles. The van der Waals surface area contributed by atoms with E-state index in [9.17, 15) is 9.90 Å². The van der Waals surface area contributed by atoms with Crippen LogP contribution in [-0.2, 0) is 0 Å². The third kappa shape index (κ3) is 3.99. The summed E-state index contributed by atoms with van der Waals surface area (Å²) >= 11 is 0. The maximum absolute atomic E-state index is 12.2. The van der Waals surface area contributed by atoms with Crippen molar-refractivity contribution < 1.29 is 14.4 Å². The van der Waals surface area contributed by atoms with Gasteiger partial charge in [0.15, 0.2) is 5.82 Å². The summed E-state index contributed by atoms with van der Waals surface area (Å²) in [5, 5.41) is 19.2. The summed E-state index contributed by atoms with van der Waals surface area (Å²) in [7, 11) is 0. The Morgan fingerprint density at radius 2 is 2.04 bits per heavy atom. The molecule has 3 N–H and O–H groups in total. The van der Waals surface area contributed by atoms with Gasteiger partial charge in [0.05, 0.1) is 12.1 Å². The van der Waals surface area contributed by atoms with E-state index in [4.69, 9.17) is 4.52 Å². The molecule has 1 fully saturated rings. The van der Waals surface area contributed by atoms with Crippen molar-refractivity contribution in [3.63, 3.8) is 0 Å². The van der Waals surface area contributed by atoms with Crippen LogP contribution in [-0.4, -0.2) is 33.4 Å². The molecule has 3 rings (SSSR count). The van der Waals surface area contributed by atoms with Gasteiger partial charge in [0.1, 0.15) is 0 Å². The van der Waals surface area contributed by atoms with Crippen molar-refractivity contribution in [2.24, 2.45) is 5.92 Å². The summed E-state index contributed by atoms with van der Waals surface area (Å²) in [6.07, 6.45) is 2.07. The Kier molecular flexibility index (Phi) is 4.76. The number of aromatic nitrogens is 2. The van der Waals surface area contributed by atoms with Gasteiger partial charge in [-0.15, -0.1) is 0 Å². The molecule has 1 aliphatic rings. The number of rotatable bonds is 6. The molecule has 7 heteroatoms. The maximum atomic E-state index is 12.2. The predicted octanol–water partition coefficient (Wildman–Crippen LogP) is 3.14. The molecule has 0 saturated heterocycles. The Bertz CT molecular complexity index is 737. The van der Waals surface area contributed by atoms with Crippen molar-refractivity contribution in [3.8, 4) is 11.5 Å². The summed E-state index contributed by atoms with van der Waals surface area (Å²) in [5.74, 6) is 1.67. The number of carbonyl (C=O) groups is 1. The molecule has 0 radical (unpaired) electrons. The first kappa shape index (κ1) is 17.4. The zero-order chi connectivity index (χ0) is 18.0. The molecule has 1 aromatic heterocycles. The van der Waals surface area contributed by atoms with Crippen LogP contribution in [0.15, 0.2) is 28.8 Å². The Labute approximate surface area is 146 Å². The topological polar surface area (TPSA) is 100 Å². The lowest BCUT2D eigenvalue weighted by Gasteiger charge is -2.28. The number of benzene rings is 1. The lowest BCUT2D eigenvalue weighted by atomic mass is 9.97. The fourth-order valence-electron chi connectivity index (χ4n) is 2.70. The molecule has 25 heavy (non-hydrogen) atoms. The minimum atomic E-state index is -0.568. The number of hydrogen-bond donors (Lipinski definition) is 3. The van der Waals surface area contributed by atoms with Crippen molar-refractivity contribution in [1.82, 2.24) is 15.5 Å². The molecule has 2 aromatic rings. The fraction of sp³-hybridized carbons (Fsp3) is 0.500. The van der Waals surface area contributed by atoms with Gasteiger partial charge in [-0.3, -0.25) is 0 Å². The Morgan fingerprint density at radius 1 is 1.36 bits per heavy atom. The average molecular weight is 344 g/mol. The van der Waals surface area contributed by atoms with Crippen LogP contribution in [0, 0.1) is 5.92 Å². The van der Waals surface area contributed by atoms with E-state index in [1.807, 2.05) is 32.9 Å². The molecule has 1 saturated carbocycles. The second-order valence-corrected chi connectivity index (χ2v) is 7.12. The first-order valence-corrected chi connectivity index (χ1v) is 8.55. The van der Waals surface area contributed by atoms with Crippen molar-refractivity contribution >= 4 is 11.7 Å². The molecule has 1 heterocycles. The quantitative estimate of drug-likeness (QED) is 0.747. The second kappa shape index (κ2) is 6.84. The SMILES string of the molecule is CC(C)c1noc(-c2ccc(NC(=O)NC(C)(CO)C3CC3)cc2)n1. The van der Waals surface area contributed by atoms with Gasteiger partial charge in [0.25, 0.3) is 5.89 Å². The second-order valence-electron chi connectivity index (χ2n) is 7.12. The largest absolute Gasteiger partial charge is 0.394 e. The Hall–Kier alpha value is -2.41. The number of carbonyl (C=O) groups excluding carboxylic acids is 1. The minimum Gasteiger partial charge on any atom is -0.394 e. The monoisotopic (exact) mass is 344 g/mol. The van der Waals surface area contributed by atoms with Crippen LogP contribution < -0.4 is 10.6 Å². The Morgan fingerprint density at radius 3 is 2.56 bits per heavy atom. The number of anilines is 1. The van der Waals surface area contributed by atoms with E-state index in [2.05, 4.69) is 20.8 Å². The number of nitrogens with zero attached hydrogens (tertiary/aromatic N) is 2. The molecule has 7 nitrogen and oxygen atoms in total. The van der Waals surface area contributed by atoms with Gasteiger partial charge in [0.2, 0.25) is 0 Å². The van der Waals surface area contributed by atoms with Crippen LogP contribution >= 0.6 is 0 Å². The highest BCUT2D eigenvalue weighted by atomic mass is 16.5. The summed E-state index contributed by atoms with van der Waals surface area (Å²) in [5.41, 5.74) is 0.880. The van der Waals surface area contributed by atoms with Crippen LogP contribution in [0.1, 0.15) is 45.4 Å². The molecule has 0 aliphatic heterocycles. The highest BCUT2D eigenvalue weighted by molar-refractivity contribution is 5.90. The fourth-order valence-corrected chi connectivity index (χ4v) is 2.70. The van der Waals surface area contributed by atoms with Gasteiger partial charge >= 0.3 is 6.03 Å². The summed E-state index contributed by atoms with van der Waals surface area (Å²) in [6, 6.07) is 6.87. The third-order valence-electron chi connectivity index (χ3n) is 4.55. The lowest BCUT2D eigenvalue weighted by molar-refractivity contribution is 0.159. The molecule has 1 atom stereocenters. The van der Waals surface area contributed by atoms with Crippen molar-refractivity contribution in [3.05, 3.63) is 30.1 Å². The van der Waals surface area contributed by atoms with Crippen LogP contribution in [0.2, 0.25) is 0 Å². The summed E-state index contributed by atoms with van der Waals surface area (Å²) in [6.45, 7) is 5.80. The van der Waals surface area contributed by atoms with Gasteiger partial charge in [-0.05, 0) is 49.9 Å². The molecule has 1 aliphatic carbocycles. The van der Waals surface area contributed by atoms with E-state index in [0.29, 0.717) is 23.3 Å². The standard InChI is InChI=1S/C18H24N4O3/c1-11(2)15-20-16(25-22-15)12-4-8-14(9-5-12)19-17(24)21-18(3,10-23)13-6-7-13/h4-5,8-9,11,13,23H,6-7,10H2,1-3H3,(H2,19,21,24). The highest BCUT2D eigenvalue weighted by Crippen LogP contribution is 2.39. The molecule has 2 amide bonds. The zero-order valence-electron chi connectivity index (χ0n) is 14.7. The van der Waals surface area contributed by atoms with Crippen LogP contribution in [0.25, 0.3) is 11.5 Å². The van der Waals surface area contributed by atoms with E-state index >= 15 is 0 Å². The van der Waals surface area contributed by atoms with Crippen molar-refractivity contribution in [2.45, 2.75) is 45.1 Å². The van der Waals surface area contributed by atoms with Crippen molar-refractivity contribution in [1.29, 1.82) is 0 Å². The Balaban J connectivity index is 1.63. The van der Waals surface area contributed by atoms with Gasteiger partial charge in [-0.2, -0.15) is 4.98 Å². The van der Waals surface area contributed by atoms with E-state index < -0.39 is 5.54 Å². The molecule has 134 valence electrons. The van der Waals surface area contributed by atoms with Gasteiger partial charge in [-0.1, -0.05) is 19.0 Å². The summed E-state index contributed by atoms with van der Waals surface area (Å²) in [4.78, 5) is 16.5. The van der Waals surface area contributed by atoms with E-state index in [1.54, 1.807) is 12.1 Å². The van der Waals surface area contributed by atoms with Crippen LogP contribution in [0.5, 0.6) is 0 Å². The molecular formula is C18H24N4O3. The number of hydrogen-bond acceptors (Lipinski definition) is 5. The molecule has 0 bridgehead atoms. The van der Waals surface area contributed by atoms with Gasteiger partial charge < -0.3 is 20.3 Å². The number of aliphatic hydroxyl groups excluding tert-OH is 1. The van der Waals surface area contributed by atoms with Crippen LogP contribution in [0.4, 0.5) is 10.5 Å². The average Bonchev–Trinajstić information content (AvgIpc) is 3.33. The molecule has 0 spiro atoms. The molecular weight excluding hydrogens is 320 g/mol. The van der Waals surface area contributed by atoms with Crippen molar-refractivity contribution in [2.75, 3.05) is 11.9 Å². The van der Waals surface area contributed by atoms with E-state index in [-0.39, 0.29) is 18.6 Å².